The number of benzene rings is 2. The number of nitrogens with zero attached hydrogens (tertiary/aromatic N) is 2. The van der Waals surface area contributed by atoms with Crippen LogP contribution in [0.2, 0.25) is 0 Å². The molecule has 2 aliphatic heterocycles. The standard InChI is InChI=1S/C29H37N5O5S/c1-5-11-31-27(35)23-12-22-10-9-21(14-25(22)33-26(30)15-23)20-7-6-8-24(13-20)40(37,38)34-17-19(18-34)16-32-28(36)39-29(2,3)4/h6-10,12-14,19H,5,11,15-18H2,1-4H3,(H2,30,33)(H,31,35)(H,32,36). The number of hydrogen-bond acceptors (Lipinski definition) is 7. The van der Waals surface area contributed by atoms with E-state index in [-0.39, 0.29) is 23.1 Å². The Labute approximate surface area is 235 Å². The van der Waals surface area contributed by atoms with Crippen LogP contribution in [-0.2, 0) is 19.6 Å². The first kappa shape index (κ1) is 29.3. The highest BCUT2D eigenvalue weighted by Crippen LogP contribution is 2.33. The number of alkyl carbamates (subject to hydrolysis) is 1. The average molecular weight is 568 g/mol. The Balaban J connectivity index is 1.47. The molecule has 0 aliphatic carbocycles. The van der Waals surface area contributed by atoms with Crippen LogP contribution in [0.25, 0.3) is 17.2 Å². The van der Waals surface area contributed by atoms with Gasteiger partial charge < -0.3 is 21.1 Å². The van der Waals surface area contributed by atoms with Crippen molar-refractivity contribution < 1.29 is 22.7 Å². The van der Waals surface area contributed by atoms with Crippen molar-refractivity contribution >= 4 is 39.6 Å². The fourth-order valence-electron chi connectivity index (χ4n) is 4.44. The van der Waals surface area contributed by atoms with Gasteiger partial charge in [-0.1, -0.05) is 31.2 Å². The topological polar surface area (TPSA) is 143 Å². The second-order valence-corrected chi connectivity index (χ2v) is 13.0. The minimum absolute atomic E-state index is 0.0142. The number of carbonyl (C=O) groups is 2. The Kier molecular flexibility index (Phi) is 8.65. The fourth-order valence-corrected chi connectivity index (χ4v) is 6.08. The largest absolute Gasteiger partial charge is 0.444 e. The maximum Gasteiger partial charge on any atom is 0.407 e. The summed E-state index contributed by atoms with van der Waals surface area (Å²) >= 11 is 0. The van der Waals surface area contributed by atoms with E-state index in [0.29, 0.717) is 43.3 Å². The van der Waals surface area contributed by atoms with Crippen molar-refractivity contribution in [1.29, 1.82) is 0 Å². The number of rotatable bonds is 8. The van der Waals surface area contributed by atoms with Gasteiger partial charge in [0.1, 0.15) is 11.4 Å². The summed E-state index contributed by atoms with van der Waals surface area (Å²) in [5, 5.41) is 5.58. The lowest BCUT2D eigenvalue weighted by atomic mass is 10.0. The Bertz CT molecular complexity index is 1450. The molecular weight excluding hydrogens is 530 g/mol. The molecule has 0 radical (unpaired) electrons. The van der Waals surface area contributed by atoms with Crippen molar-refractivity contribution in [3.63, 3.8) is 0 Å². The predicted molar refractivity (Wildman–Crippen MR) is 156 cm³/mol. The first-order chi connectivity index (χ1) is 18.9. The van der Waals surface area contributed by atoms with E-state index < -0.39 is 21.7 Å². The lowest BCUT2D eigenvalue weighted by molar-refractivity contribution is -0.117. The molecule has 1 saturated heterocycles. The molecule has 0 spiro atoms. The number of aliphatic imine (C=N–C) groups is 1. The van der Waals surface area contributed by atoms with Gasteiger partial charge in [-0.15, -0.1) is 0 Å². The average Bonchev–Trinajstić information content (AvgIpc) is 3.02. The van der Waals surface area contributed by atoms with Crippen LogP contribution in [0.15, 0.2) is 57.9 Å². The second-order valence-electron chi connectivity index (χ2n) is 11.1. The van der Waals surface area contributed by atoms with Gasteiger partial charge in [0, 0.05) is 49.7 Å². The molecule has 0 atom stereocenters. The molecule has 2 aromatic carbocycles. The molecule has 10 nitrogen and oxygen atoms in total. The van der Waals surface area contributed by atoms with E-state index >= 15 is 0 Å². The van der Waals surface area contributed by atoms with E-state index in [9.17, 15) is 18.0 Å². The normalized spacial score (nSPS) is 16.1. The maximum absolute atomic E-state index is 13.3. The Morgan fingerprint density at radius 3 is 2.52 bits per heavy atom. The summed E-state index contributed by atoms with van der Waals surface area (Å²) in [4.78, 5) is 29.1. The summed E-state index contributed by atoms with van der Waals surface area (Å²) < 4.78 is 33.2. The number of hydrogen-bond donors (Lipinski definition) is 3. The summed E-state index contributed by atoms with van der Waals surface area (Å²) in [6.45, 7) is 8.90. The Morgan fingerprint density at radius 1 is 1.10 bits per heavy atom. The minimum atomic E-state index is -3.70. The summed E-state index contributed by atoms with van der Waals surface area (Å²) in [7, 11) is -3.70. The van der Waals surface area contributed by atoms with Crippen LogP contribution in [0.1, 0.15) is 46.1 Å². The third-order valence-corrected chi connectivity index (χ3v) is 8.31. The number of nitrogens with two attached hydrogens (primary N) is 1. The quantitative estimate of drug-likeness (QED) is 0.443. The number of ether oxygens (including phenoxy) is 1. The third kappa shape index (κ3) is 7.08. The molecule has 214 valence electrons. The molecule has 0 unspecified atom stereocenters. The number of nitrogens with one attached hydrogen (secondary N) is 2. The summed E-state index contributed by atoms with van der Waals surface area (Å²) in [5.74, 6) is 0.183. The van der Waals surface area contributed by atoms with Crippen molar-refractivity contribution in [3.05, 3.63) is 53.6 Å². The molecule has 1 fully saturated rings. The molecule has 2 heterocycles. The zero-order valence-electron chi connectivity index (χ0n) is 23.4. The van der Waals surface area contributed by atoms with Crippen molar-refractivity contribution in [2.24, 2.45) is 16.6 Å². The molecule has 2 aromatic rings. The molecule has 11 heteroatoms. The van der Waals surface area contributed by atoms with Crippen LogP contribution in [-0.4, -0.2) is 62.3 Å². The van der Waals surface area contributed by atoms with E-state index in [1.165, 1.54) is 4.31 Å². The van der Waals surface area contributed by atoms with Crippen molar-refractivity contribution in [1.82, 2.24) is 14.9 Å². The van der Waals surface area contributed by atoms with Crippen LogP contribution in [0, 0.1) is 5.92 Å². The highest BCUT2D eigenvalue weighted by atomic mass is 32.2. The molecule has 40 heavy (non-hydrogen) atoms. The van der Waals surface area contributed by atoms with Gasteiger partial charge in [0.05, 0.1) is 10.6 Å². The molecule has 4 rings (SSSR count). The smallest absolute Gasteiger partial charge is 0.407 e. The van der Waals surface area contributed by atoms with Gasteiger partial charge in [-0.05, 0) is 62.6 Å². The monoisotopic (exact) mass is 567 g/mol. The van der Waals surface area contributed by atoms with E-state index in [0.717, 1.165) is 23.1 Å². The van der Waals surface area contributed by atoms with Gasteiger partial charge in [-0.25, -0.2) is 18.2 Å². The van der Waals surface area contributed by atoms with Crippen LogP contribution < -0.4 is 16.4 Å². The predicted octanol–water partition coefficient (Wildman–Crippen LogP) is 3.80. The molecule has 4 N–H and O–H groups in total. The van der Waals surface area contributed by atoms with E-state index in [1.807, 2.05) is 31.2 Å². The second kappa shape index (κ2) is 11.8. The SMILES string of the molecule is CCCNC(=O)C1=Cc2ccc(-c3cccc(S(=O)(=O)N4CC(CNC(=O)OC(C)(C)C)C4)c3)cc2N=C(N)C1. The van der Waals surface area contributed by atoms with Crippen molar-refractivity contribution in [3.8, 4) is 11.1 Å². The van der Waals surface area contributed by atoms with Gasteiger partial charge in [0.2, 0.25) is 15.9 Å². The number of carbonyl (C=O) groups excluding carboxylic acids is 2. The zero-order chi connectivity index (χ0) is 29.1. The van der Waals surface area contributed by atoms with Gasteiger partial charge in [0.25, 0.3) is 0 Å². The van der Waals surface area contributed by atoms with Crippen LogP contribution in [0.4, 0.5) is 10.5 Å². The highest BCUT2D eigenvalue weighted by molar-refractivity contribution is 7.89. The minimum Gasteiger partial charge on any atom is -0.444 e. The van der Waals surface area contributed by atoms with Crippen LogP contribution in [0.3, 0.4) is 0 Å². The van der Waals surface area contributed by atoms with Crippen molar-refractivity contribution in [2.75, 3.05) is 26.2 Å². The number of fused-ring (bicyclic) bond motifs is 1. The van der Waals surface area contributed by atoms with Crippen LogP contribution in [0.5, 0.6) is 0 Å². The molecule has 2 amide bonds. The summed E-state index contributed by atoms with van der Waals surface area (Å²) in [6.07, 6.45) is 2.37. The number of amides is 2. The lowest BCUT2D eigenvalue weighted by Crippen LogP contribution is -2.53. The van der Waals surface area contributed by atoms with Gasteiger partial charge in [-0.3, -0.25) is 4.79 Å². The summed E-state index contributed by atoms with van der Waals surface area (Å²) in [6, 6.07) is 12.4. The van der Waals surface area contributed by atoms with Gasteiger partial charge in [-0.2, -0.15) is 4.31 Å². The molecular formula is C29H37N5O5S. The van der Waals surface area contributed by atoms with Gasteiger partial charge >= 0.3 is 6.09 Å². The molecule has 0 saturated carbocycles. The van der Waals surface area contributed by atoms with E-state index in [1.54, 1.807) is 45.0 Å². The Hall–Kier alpha value is -3.70. The van der Waals surface area contributed by atoms with Crippen LogP contribution >= 0.6 is 0 Å². The number of amidine groups is 1. The molecule has 0 aromatic heterocycles. The molecule has 2 aliphatic rings. The first-order valence-electron chi connectivity index (χ1n) is 13.4. The fraction of sp³-hybridized carbons (Fsp3) is 0.414. The van der Waals surface area contributed by atoms with Gasteiger partial charge in [0.15, 0.2) is 0 Å². The Morgan fingerprint density at radius 2 is 1.82 bits per heavy atom. The first-order valence-corrected chi connectivity index (χ1v) is 14.8. The van der Waals surface area contributed by atoms with E-state index in [4.69, 9.17) is 10.5 Å². The lowest BCUT2D eigenvalue weighted by Gasteiger charge is -2.38. The van der Waals surface area contributed by atoms with Crippen molar-refractivity contribution in [2.45, 2.75) is 51.0 Å². The third-order valence-electron chi connectivity index (χ3n) is 6.49. The van der Waals surface area contributed by atoms with E-state index in [2.05, 4.69) is 15.6 Å². The zero-order valence-corrected chi connectivity index (χ0v) is 24.2. The highest BCUT2D eigenvalue weighted by Gasteiger charge is 2.37. The number of sulfonamides is 1. The molecule has 0 bridgehead atoms. The maximum atomic E-state index is 13.3. The summed E-state index contributed by atoms with van der Waals surface area (Å²) in [5.41, 5.74) is 8.95.